The smallest absolute Gasteiger partial charge is 0.283 e. The van der Waals surface area contributed by atoms with Crippen molar-refractivity contribution in [3.8, 4) is 0 Å². The zero-order valence-electron chi connectivity index (χ0n) is 11.1. The molecule has 2 rings (SSSR count). The van der Waals surface area contributed by atoms with Crippen LogP contribution in [0.4, 0.5) is 5.69 Å². The molecule has 1 saturated heterocycles. The van der Waals surface area contributed by atoms with E-state index in [0.717, 1.165) is 13.2 Å². The van der Waals surface area contributed by atoms with Crippen molar-refractivity contribution in [2.24, 2.45) is 0 Å². The number of hydrogen-bond acceptors (Lipinski definition) is 5. The molecule has 0 amide bonds. The highest BCUT2D eigenvalue weighted by atomic mass is 79.9. The standard InChI is InChI=1S/C12H19BrN4O2/c1-8(2)17-12(18)11(13)10(6-16-17)15-5-9-7-19-4-3-14-9/h6,8-9,14-15H,3-5,7H2,1-2H3. The number of aromatic nitrogens is 2. The minimum atomic E-state index is -0.118. The van der Waals surface area contributed by atoms with Gasteiger partial charge in [-0.1, -0.05) is 0 Å². The molecule has 7 heteroatoms. The third-order valence-electron chi connectivity index (χ3n) is 2.97. The molecule has 1 aromatic heterocycles. The van der Waals surface area contributed by atoms with Crippen molar-refractivity contribution in [2.45, 2.75) is 25.9 Å². The summed E-state index contributed by atoms with van der Waals surface area (Å²) in [5.41, 5.74) is 0.599. The second kappa shape index (κ2) is 6.49. The van der Waals surface area contributed by atoms with Gasteiger partial charge in [-0.05, 0) is 29.8 Å². The molecule has 2 N–H and O–H groups in total. The number of nitrogens with one attached hydrogen (secondary N) is 2. The molecule has 0 saturated carbocycles. The third kappa shape index (κ3) is 3.55. The fourth-order valence-electron chi connectivity index (χ4n) is 1.92. The van der Waals surface area contributed by atoms with Gasteiger partial charge in [-0.25, -0.2) is 4.68 Å². The third-order valence-corrected chi connectivity index (χ3v) is 3.74. The van der Waals surface area contributed by atoms with Crippen molar-refractivity contribution < 1.29 is 4.74 Å². The Morgan fingerprint density at radius 2 is 2.47 bits per heavy atom. The van der Waals surface area contributed by atoms with Gasteiger partial charge < -0.3 is 15.4 Å². The molecule has 0 spiro atoms. The number of nitrogens with zero attached hydrogens (tertiary/aromatic N) is 2. The number of halogens is 1. The van der Waals surface area contributed by atoms with Gasteiger partial charge in [0.2, 0.25) is 0 Å². The van der Waals surface area contributed by atoms with Gasteiger partial charge in [-0.15, -0.1) is 0 Å². The van der Waals surface area contributed by atoms with Crippen LogP contribution in [-0.2, 0) is 4.74 Å². The van der Waals surface area contributed by atoms with Crippen LogP contribution in [0.25, 0.3) is 0 Å². The van der Waals surface area contributed by atoms with Crippen LogP contribution in [0.2, 0.25) is 0 Å². The molecule has 6 nitrogen and oxygen atoms in total. The van der Waals surface area contributed by atoms with Crippen LogP contribution in [0.3, 0.4) is 0 Å². The van der Waals surface area contributed by atoms with E-state index in [9.17, 15) is 4.79 Å². The quantitative estimate of drug-likeness (QED) is 0.861. The van der Waals surface area contributed by atoms with E-state index in [0.29, 0.717) is 23.3 Å². The summed E-state index contributed by atoms with van der Waals surface area (Å²) < 4.78 is 7.36. The normalized spacial score (nSPS) is 19.7. The average Bonchev–Trinajstić information content (AvgIpc) is 2.41. The van der Waals surface area contributed by atoms with Gasteiger partial charge in [0.1, 0.15) is 4.47 Å². The lowest BCUT2D eigenvalue weighted by molar-refractivity contribution is 0.0806. The van der Waals surface area contributed by atoms with Crippen molar-refractivity contribution in [1.82, 2.24) is 15.1 Å². The Kier molecular flexibility index (Phi) is 4.95. The molecule has 0 bridgehead atoms. The Bertz CT molecular complexity index is 483. The van der Waals surface area contributed by atoms with E-state index in [1.54, 1.807) is 6.20 Å². The molecule has 0 aromatic carbocycles. The van der Waals surface area contributed by atoms with Crippen molar-refractivity contribution >= 4 is 21.6 Å². The van der Waals surface area contributed by atoms with E-state index in [1.807, 2.05) is 13.8 Å². The molecule has 1 fully saturated rings. The van der Waals surface area contributed by atoms with Gasteiger partial charge in [-0.2, -0.15) is 5.10 Å². The van der Waals surface area contributed by atoms with Gasteiger partial charge in [0, 0.05) is 19.1 Å². The van der Waals surface area contributed by atoms with E-state index in [1.165, 1.54) is 4.68 Å². The molecule has 1 aliphatic heterocycles. The minimum absolute atomic E-state index is 0.0475. The lowest BCUT2D eigenvalue weighted by Crippen LogP contribution is -2.45. The minimum Gasteiger partial charge on any atom is -0.381 e. The Morgan fingerprint density at radius 1 is 1.68 bits per heavy atom. The number of hydrogen-bond donors (Lipinski definition) is 2. The molecule has 106 valence electrons. The predicted molar refractivity (Wildman–Crippen MR) is 77.7 cm³/mol. The topological polar surface area (TPSA) is 68.2 Å². The molecule has 19 heavy (non-hydrogen) atoms. The Labute approximate surface area is 120 Å². The molecule has 1 aliphatic rings. The molecule has 1 aromatic rings. The first-order chi connectivity index (χ1) is 9.09. The van der Waals surface area contributed by atoms with Gasteiger partial charge >= 0.3 is 0 Å². The van der Waals surface area contributed by atoms with Crippen LogP contribution in [0.1, 0.15) is 19.9 Å². The summed E-state index contributed by atoms with van der Waals surface area (Å²) in [5.74, 6) is 0. The summed E-state index contributed by atoms with van der Waals surface area (Å²) in [6, 6.07) is 0.305. The number of anilines is 1. The highest BCUT2D eigenvalue weighted by Gasteiger charge is 2.15. The molecular weight excluding hydrogens is 312 g/mol. The largest absolute Gasteiger partial charge is 0.381 e. The highest BCUT2D eigenvalue weighted by Crippen LogP contribution is 2.17. The van der Waals surface area contributed by atoms with Crippen LogP contribution < -0.4 is 16.2 Å². The zero-order chi connectivity index (χ0) is 13.8. The lowest BCUT2D eigenvalue weighted by atomic mass is 10.2. The monoisotopic (exact) mass is 330 g/mol. The van der Waals surface area contributed by atoms with E-state index in [2.05, 4.69) is 31.7 Å². The van der Waals surface area contributed by atoms with Gasteiger partial charge in [0.25, 0.3) is 5.56 Å². The summed E-state index contributed by atoms with van der Waals surface area (Å²) in [7, 11) is 0. The molecule has 0 aliphatic carbocycles. The van der Waals surface area contributed by atoms with E-state index >= 15 is 0 Å². The summed E-state index contributed by atoms with van der Waals surface area (Å²) in [4.78, 5) is 12.1. The number of ether oxygens (including phenoxy) is 1. The van der Waals surface area contributed by atoms with E-state index < -0.39 is 0 Å². The van der Waals surface area contributed by atoms with Crippen LogP contribution in [0.15, 0.2) is 15.5 Å². The summed E-state index contributed by atoms with van der Waals surface area (Å²) in [6.45, 7) is 6.86. The van der Waals surface area contributed by atoms with Crippen molar-refractivity contribution in [2.75, 3.05) is 31.6 Å². The average molecular weight is 331 g/mol. The maximum atomic E-state index is 12.1. The van der Waals surface area contributed by atoms with Crippen molar-refractivity contribution in [3.05, 3.63) is 21.0 Å². The first-order valence-electron chi connectivity index (χ1n) is 6.42. The lowest BCUT2D eigenvalue weighted by Gasteiger charge is -2.24. The molecular formula is C12H19BrN4O2. The van der Waals surface area contributed by atoms with Gasteiger partial charge in [0.15, 0.2) is 0 Å². The van der Waals surface area contributed by atoms with Gasteiger partial charge in [-0.3, -0.25) is 4.79 Å². The van der Waals surface area contributed by atoms with Crippen molar-refractivity contribution in [1.29, 1.82) is 0 Å². The summed E-state index contributed by atoms with van der Waals surface area (Å²) in [6.07, 6.45) is 1.68. The molecule has 2 heterocycles. The van der Waals surface area contributed by atoms with E-state index in [4.69, 9.17) is 4.74 Å². The SMILES string of the molecule is CC(C)n1ncc(NCC2COCCN2)c(Br)c1=O. The Balaban J connectivity index is 2.04. The fourth-order valence-corrected chi connectivity index (χ4v) is 2.34. The fraction of sp³-hybridized carbons (Fsp3) is 0.667. The second-order valence-electron chi connectivity index (χ2n) is 4.82. The van der Waals surface area contributed by atoms with Crippen LogP contribution in [0, 0.1) is 0 Å². The van der Waals surface area contributed by atoms with Crippen molar-refractivity contribution in [3.63, 3.8) is 0 Å². The van der Waals surface area contributed by atoms with E-state index in [-0.39, 0.29) is 17.6 Å². The maximum absolute atomic E-state index is 12.1. The summed E-state index contributed by atoms with van der Waals surface area (Å²) in [5, 5.41) is 10.7. The molecule has 0 radical (unpaired) electrons. The van der Waals surface area contributed by atoms with Crippen LogP contribution in [-0.4, -0.2) is 42.1 Å². The Morgan fingerprint density at radius 3 is 3.11 bits per heavy atom. The van der Waals surface area contributed by atoms with Crippen LogP contribution in [0.5, 0.6) is 0 Å². The number of rotatable bonds is 4. The molecule has 1 unspecified atom stereocenters. The summed E-state index contributed by atoms with van der Waals surface area (Å²) >= 11 is 3.34. The zero-order valence-corrected chi connectivity index (χ0v) is 12.7. The number of morpholine rings is 1. The first kappa shape index (κ1) is 14.5. The first-order valence-corrected chi connectivity index (χ1v) is 7.21. The molecule has 1 atom stereocenters. The van der Waals surface area contributed by atoms with Gasteiger partial charge in [0.05, 0.1) is 31.1 Å². The highest BCUT2D eigenvalue weighted by molar-refractivity contribution is 9.10. The Hall–Kier alpha value is -0.920. The predicted octanol–water partition coefficient (Wildman–Crippen LogP) is 0.987. The maximum Gasteiger partial charge on any atom is 0.283 e. The second-order valence-corrected chi connectivity index (χ2v) is 5.62. The van der Waals surface area contributed by atoms with Crippen LogP contribution >= 0.6 is 15.9 Å².